The maximum Gasteiger partial charge on any atom is 0.269 e. The highest BCUT2D eigenvalue weighted by atomic mass is 16.6. The van der Waals surface area contributed by atoms with Crippen molar-refractivity contribution in [1.82, 2.24) is 0 Å². The van der Waals surface area contributed by atoms with Gasteiger partial charge in [0.25, 0.3) is 5.69 Å². The van der Waals surface area contributed by atoms with Gasteiger partial charge in [-0.1, -0.05) is 0 Å². The molecule has 5 rings (SSSR count). The van der Waals surface area contributed by atoms with Crippen LogP contribution in [0.5, 0.6) is 28.7 Å². The van der Waals surface area contributed by atoms with E-state index >= 15 is 0 Å². The van der Waals surface area contributed by atoms with E-state index in [2.05, 4.69) is 11.0 Å². The van der Waals surface area contributed by atoms with Crippen LogP contribution in [-0.4, -0.2) is 46.0 Å². The highest BCUT2D eigenvalue weighted by Crippen LogP contribution is 2.47. The molecule has 35 heavy (non-hydrogen) atoms. The van der Waals surface area contributed by atoms with Gasteiger partial charge in [-0.05, 0) is 59.5 Å². The fourth-order valence-corrected chi connectivity index (χ4v) is 4.82. The molecule has 0 radical (unpaired) electrons. The molecule has 2 heterocycles. The maximum absolute atomic E-state index is 11.2. The minimum absolute atomic E-state index is 0.0510. The number of hydrogen-bond donors (Lipinski definition) is 0. The number of non-ortho nitro benzene ring substituents is 1. The van der Waals surface area contributed by atoms with Gasteiger partial charge in [0.05, 0.1) is 32.3 Å². The molecule has 3 aromatic carbocycles. The zero-order valence-corrected chi connectivity index (χ0v) is 19.8. The number of rotatable bonds is 6. The molecule has 0 aliphatic carbocycles. The number of nitrogens with zero attached hydrogens (tertiary/aromatic N) is 2. The number of nitro benzene ring substituents is 1. The summed E-state index contributed by atoms with van der Waals surface area (Å²) in [7, 11) is 4.75. The van der Waals surface area contributed by atoms with Crippen LogP contribution >= 0.6 is 0 Å². The Labute approximate surface area is 202 Å². The summed E-state index contributed by atoms with van der Waals surface area (Å²) in [6.45, 7) is 1.72. The summed E-state index contributed by atoms with van der Waals surface area (Å²) in [5, 5.41) is 11.2. The summed E-state index contributed by atoms with van der Waals surface area (Å²) < 4.78 is 28.5. The molecule has 3 aromatic rings. The summed E-state index contributed by atoms with van der Waals surface area (Å²) in [6, 6.07) is 14.4. The fourth-order valence-electron chi connectivity index (χ4n) is 4.82. The highest BCUT2D eigenvalue weighted by molar-refractivity contribution is 5.63. The van der Waals surface area contributed by atoms with Crippen LogP contribution in [0, 0.1) is 10.1 Å². The van der Waals surface area contributed by atoms with E-state index in [-0.39, 0.29) is 11.7 Å². The predicted octanol–water partition coefficient (Wildman–Crippen LogP) is 4.54. The Kier molecular flexibility index (Phi) is 5.98. The summed E-state index contributed by atoms with van der Waals surface area (Å²) in [4.78, 5) is 13.0. The summed E-state index contributed by atoms with van der Waals surface area (Å²) >= 11 is 0. The molecule has 0 bridgehead atoms. The van der Waals surface area contributed by atoms with Crippen LogP contribution in [0.25, 0.3) is 0 Å². The van der Waals surface area contributed by atoms with Crippen molar-refractivity contribution in [3.63, 3.8) is 0 Å². The van der Waals surface area contributed by atoms with E-state index in [1.54, 1.807) is 33.5 Å². The first-order valence-corrected chi connectivity index (χ1v) is 11.3. The standard InChI is InChI=1S/C26H26N2O7/c1-31-23-13-17(14-24(32-2)26(23)33-3)25-20-15-22-21(34-10-11-35-22)12-16(20)8-9-27(25)18-4-6-19(7-5-18)28(29)30/h4-7,12-15,25H,8-11H2,1-3H3. The first-order chi connectivity index (χ1) is 17.0. The zero-order valence-electron chi connectivity index (χ0n) is 19.8. The van der Waals surface area contributed by atoms with Crippen LogP contribution in [0.2, 0.25) is 0 Å². The lowest BCUT2D eigenvalue weighted by Gasteiger charge is -2.40. The molecule has 182 valence electrons. The fraction of sp³-hybridized carbons (Fsp3) is 0.308. The molecule has 0 N–H and O–H groups in total. The van der Waals surface area contributed by atoms with Gasteiger partial charge in [0, 0.05) is 24.4 Å². The van der Waals surface area contributed by atoms with E-state index in [0.29, 0.717) is 42.8 Å². The molecule has 0 saturated carbocycles. The van der Waals surface area contributed by atoms with Crippen LogP contribution < -0.4 is 28.6 Å². The molecule has 1 unspecified atom stereocenters. The van der Waals surface area contributed by atoms with Crippen molar-refractivity contribution in [3.8, 4) is 28.7 Å². The molecule has 2 aliphatic heterocycles. The van der Waals surface area contributed by atoms with E-state index in [1.165, 1.54) is 12.1 Å². The van der Waals surface area contributed by atoms with E-state index in [9.17, 15) is 10.1 Å². The minimum Gasteiger partial charge on any atom is -0.493 e. The van der Waals surface area contributed by atoms with Crippen molar-refractivity contribution >= 4 is 11.4 Å². The lowest BCUT2D eigenvalue weighted by Crippen LogP contribution is -2.36. The number of anilines is 1. The monoisotopic (exact) mass is 478 g/mol. The van der Waals surface area contributed by atoms with E-state index in [0.717, 1.165) is 34.5 Å². The normalized spacial score (nSPS) is 16.3. The number of methoxy groups -OCH3 is 3. The van der Waals surface area contributed by atoms with Crippen LogP contribution in [0.4, 0.5) is 11.4 Å². The molecule has 0 aromatic heterocycles. The molecule has 9 heteroatoms. The average molecular weight is 479 g/mol. The minimum atomic E-state index is -0.393. The Bertz CT molecular complexity index is 1230. The topological polar surface area (TPSA) is 92.5 Å². The molecule has 0 fully saturated rings. The molecule has 0 amide bonds. The largest absolute Gasteiger partial charge is 0.493 e. The van der Waals surface area contributed by atoms with E-state index in [1.807, 2.05) is 18.2 Å². The van der Waals surface area contributed by atoms with Crippen molar-refractivity contribution in [1.29, 1.82) is 0 Å². The predicted molar refractivity (Wildman–Crippen MR) is 130 cm³/mol. The Morgan fingerprint density at radius 3 is 2.11 bits per heavy atom. The Hall–Kier alpha value is -4.14. The molecule has 0 saturated heterocycles. The molecular formula is C26H26N2O7. The van der Waals surface area contributed by atoms with Gasteiger partial charge in [-0.3, -0.25) is 10.1 Å². The van der Waals surface area contributed by atoms with Crippen LogP contribution in [-0.2, 0) is 6.42 Å². The van der Waals surface area contributed by atoms with E-state index in [4.69, 9.17) is 23.7 Å². The number of benzene rings is 3. The second kappa shape index (κ2) is 9.25. The van der Waals surface area contributed by atoms with Crippen LogP contribution in [0.3, 0.4) is 0 Å². The van der Waals surface area contributed by atoms with Gasteiger partial charge in [-0.2, -0.15) is 0 Å². The van der Waals surface area contributed by atoms with Crippen molar-refractivity contribution in [2.24, 2.45) is 0 Å². The second-order valence-electron chi connectivity index (χ2n) is 8.27. The van der Waals surface area contributed by atoms with Gasteiger partial charge in [0.2, 0.25) is 5.75 Å². The van der Waals surface area contributed by atoms with Crippen LogP contribution in [0.1, 0.15) is 22.7 Å². The third-order valence-corrected chi connectivity index (χ3v) is 6.43. The first-order valence-electron chi connectivity index (χ1n) is 11.3. The number of nitro groups is 1. The summed E-state index contributed by atoms with van der Waals surface area (Å²) in [5.74, 6) is 3.07. The zero-order chi connectivity index (χ0) is 24.5. The molecular weight excluding hydrogens is 452 g/mol. The van der Waals surface area contributed by atoms with E-state index < -0.39 is 4.92 Å². The first kappa shape index (κ1) is 22.6. The quantitative estimate of drug-likeness (QED) is 0.377. The van der Waals surface area contributed by atoms with Crippen LogP contribution in [0.15, 0.2) is 48.5 Å². The lowest BCUT2D eigenvalue weighted by atomic mass is 9.86. The maximum atomic E-state index is 11.2. The summed E-state index contributed by atoms with van der Waals surface area (Å²) in [6.07, 6.45) is 0.782. The van der Waals surface area contributed by atoms with Gasteiger partial charge < -0.3 is 28.6 Å². The van der Waals surface area contributed by atoms with Crippen molar-refractivity contribution in [2.45, 2.75) is 12.5 Å². The Morgan fingerprint density at radius 1 is 0.914 bits per heavy atom. The molecule has 1 atom stereocenters. The van der Waals surface area contributed by atoms with Gasteiger partial charge in [-0.15, -0.1) is 0 Å². The number of fused-ring (bicyclic) bond motifs is 2. The number of hydrogen-bond acceptors (Lipinski definition) is 8. The molecule has 2 aliphatic rings. The van der Waals surface area contributed by atoms with Crippen molar-refractivity contribution in [3.05, 3.63) is 75.3 Å². The lowest BCUT2D eigenvalue weighted by molar-refractivity contribution is -0.384. The second-order valence-corrected chi connectivity index (χ2v) is 8.27. The third-order valence-electron chi connectivity index (χ3n) is 6.43. The average Bonchev–Trinajstić information content (AvgIpc) is 2.90. The third kappa shape index (κ3) is 4.03. The van der Waals surface area contributed by atoms with Gasteiger partial charge >= 0.3 is 0 Å². The Balaban J connectivity index is 1.69. The Morgan fingerprint density at radius 2 is 1.54 bits per heavy atom. The van der Waals surface area contributed by atoms with Crippen molar-refractivity contribution in [2.75, 3.05) is 46.0 Å². The smallest absolute Gasteiger partial charge is 0.269 e. The summed E-state index contributed by atoms with van der Waals surface area (Å²) in [5.41, 5.74) is 4.07. The highest BCUT2D eigenvalue weighted by Gasteiger charge is 2.33. The van der Waals surface area contributed by atoms with Gasteiger partial charge in [-0.25, -0.2) is 0 Å². The molecule has 0 spiro atoms. The molecule has 9 nitrogen and oxygen atoms in total. The number of ether oxygens (including phenoxy) is 5. The van der Waals surface area contributed by atoms with Gasteiger partial charge in [0.1, 0.15) is 13.2 Å². The van der Waals surface area contributed by atoms with Crippen molar-refractivity contribution < 1.29 is 28.6 Å². The van der Waals surface area contributed by atoms with Gasteiger partial charge in [0.15, 0.2) is 23.0 Å². The SMILES string of the molecule is COc1cc(C2c3cc4c(cc3CCN2c2ccc([N+](=O)[O-])cc2)OCCO4)cc(OC)c1OC.